The molecule has 1 atom stereocenters. The molecule has 1 unspecified atom stereocenters. The van der Waals surface area contributed by atoms with Crippen molar-refractivity contribution < 1.29 is 0 Å². The van der Waals surface area contributed by atoms with Gasteiger partial charge in [0.2, 0.25) is 0 Å². The Bertz CT molecular complexity index is 303. The second kappa shape index (κ2) is 8.28. The largest absolute Gasteiger partial charge is 0.323 e. The molecule has 2 N–H and O–H groups in total. The minimum atomic E-state index is 0.233. The molecule has 0 amide bonds. The van der Waals surface area contributed by atoms with E-state index in [0.717, 1.165) is 6.42 Å². The van der Waals surface area contributed by atoms with Crippen molar-refractivity contribution in [2.75, 3.05) is 0 Å². The summed E-state index contributed by atoms with van der Waals surface area (Å²) < 4.78 is 1.20. The molecule has 0 aliphatic rings. The van der Waals surface area contributed by atoms with Gasteiger partial charge < -0.3 is 5.73 Å². The van der Waals surface area contributed by atoms with Crippen molar-refractivity contribution in [3.63, 3.8) is 0 Å². The fourth-order valence-corrected chi connectivity index (χ4v) is 3.55. The number of hydrogen-bond donors (Lipinski definition) is 1. The van der Waals surface area contributed by atoms with E-state index in [4.69, 9.17) is 5.73 Å². The van der Waals surface area contributed by atoms with Gasteiger partial charge in [-0.25, -0.2) is 0 Å². The number of rotatable bonds is 8. The summed E-state index contributed by atoms with van der Waals surface area (Å²) in [6.07, 6.45) is 9.17. The van der Waals surface area contributed by atoms with Gasteiger partial charge in [-0.3, -0.25) is 0 Å². The molecular weight excluding hydrogens is 294 g/mol. The fourth-order valence-electron chi connectivity index (χ4n) is 1.95. The fraction of sp³-hybridized carbons (Fsp3) is 0.714. The Kier molecular flexibility index (Phi) is 7.40. The maximum Gasteiger partial charge on any atom is 0.0390 e. The molecule has 1 rings (SSSR count). The van der Waals surface area contributed by atoms with Crippen LogP contribution in [0.3, 0.4) is 0 Å². The molecule has 1 aromatic heterocycles. The Labute approximate surface area is 118 Å². The molecule has 0 spiro atoms. The van der Waals surface area contributed by atoms with E-state index in [1.807, 2.05) is 11.3 Å². The van der Waals surface area contributed by atoms with Crippen molar-refractivity contribution in [1.82, 2.24) is 0 Å². The molecule has 98 valence electrons. The number of unbranched alkanes of at least 4 members (excludes halogenated alkanes) is 5. The Morgan fingerprint density at radius 2 is 1.88 bits per heavy atom. The summed E-state index contributed by atoms with van der Waals surface area (Å²) in [4.78, 5) is 2.65. The monoisotopic (exact) mass is 317 g/mol. The topological polar surface area (TPSA) is 26.0 Å². The molecule has 0 bridgehead atoms. The van der Waals surface area contributed by atoms with Crippen LogP contribution < -0.4 is 5.73 Å². The molecule has 0 saturated carbocycles. The average Bonchev–Trinajstić information content (AvgIpc) is 2.64. The van der Waals surface area contributed by atoms with E-state index in [9.17, 15) is 0 Å². The summed E-state index contributed by atoms with van der Waals surface area (Å²) in [6.45, 7) is 4.39. The first-order valence-electron chi connectivity index (χ1n) is 6.66. The van der Waals surface area contributed by atoms with Crippen molar-refractivity contribution >= 4 is 27.3 Å². The van der Waals surface area contributed by atoms with Crippen LogP contribution in [-0.4, -0.2) is 0 Å². The number of thiophene rings is 1. The predicted octanol–water partition coefficient (Wildman–Crippen LogP) is 5.57. The third-order valence-electron chi connectivity index (χ3n) is 3.11. The van der Waals surface area contributed by atoms with Gasteiger partial charge in [0.15, 0.2) is 0 Å². The highest BCUT2D eigenvalue weighted by Crippen LogP contribution is 2.31. The molecule has 1 heterocycles. The zero-order valence-corrected chi connectivity index (χ0v) is 13.4. The van der Waals surface area contributed by atoms with Gasteiger partial charge in [0.05, 0.1) is 0 Å². The number of nitrogens with two attached hydrogens (primary N) is 1. The molecule has 0 aliphatic heterocycles. The van der Waals surface area contributed by atoms with Gasteiger partial charge in [0.1, 0.15) is 0 Å². The van der Waals surface area contributed by atoms with Crippen LogP contribution in [0.1, 0.15) is 67.7 Å². The lowest BCUT2D eigenvalue weighted by molar-refractivity contribution is 0.551. The minimum absolute atomic E-state index is 0.233. The molecule has 1 nitrogen and oxygen atoms in total. The first kappa shape index (κ1) is 15.2. The Morgan fingerprint density at radius 3 is 2.47 bits per heavy atom. The van der Waals surface area contributed by atoms with Crippen molar-refractivity contribution in [3.05, 3.63) is 20.3 Å². The maximum atomic E-state index is 6.21. The second-order valence-electron chi connectivity index (χ2n) is 4.72. The van der Waals surface area contributed by atoms with Gasteiger partial charge in [-0.05, 0) is 35.3 Å². The van der Waals surface area contributed by atoms with E-state index in [-0.39, 0.29) is 6.04 Å². The Hall–Kier alpha value is 0.140. The van der Waals surface area contributed by atoms with Crippen LogP contribution in [0.5, 0.6) is 0 Å². The summed E-state index contributed by atoms with van der Waals surface area (Å²) in [5, 5.41) is 0. The Balaban J connectivity index is 2.19. The van der Waals surface area contributed by atoms with Crippen LogP contribution in [0, 0.1) is 6.92 Å². The highest BCUT2D eigenvalue weighted by Gasteiger charge is 2.10. The smallest absolute Gasteiger partial charge is 0.0390 e. The summed E-state index contributed by atoms with van der Waals surface area (Å²) in [6, 6.07) is 2.41. The zero-order chi connectivity index (χ0) is 12.7. The molecule has 0 aromatic carbocycles. The maximum absolute atomic E-state index is 6.21. The van der Waals surface area contributed by atoms with E-state index < -0.39 is 0 Å². The first-order valence-corrected chi connectivity index (χ1v) is 8.27. The molecule has 0 fully saturated rings. The van der Waals surface area contributed by atoms with Crippen LogP contribution in [0.15, 0.2) is 10.5 Å². The van der Waals surface area contributed by atoms with Crippen LogP contribution in [-0.2, 0) is 0 Å². The van der Waals surface area contributed by atoms with Gasteiger partial charge in [-0.2, -0.15) is 0 Å². The van der Waals surface area contributed by atoms with Crippen LogP contribution >= 0.6 is 27.3 Å². The molecule has 0 saturated heterocycles. The van der Waals surface area contributed by atoms with E-state index in [1.165, 1.54) is 52.8 Å². The summed E-state index contributed by atoms with van der Waals surface area (Å²) in [7, 11) is 0. The van der Waals surface area contributed by atoms with Crippen LogP contribution in [0.25, 0.3) is 0 Å². The second-order valence-corrected chi connectivity index (χ2v) is 6.86. The van der Waals surface area contributed by atoms with Crippen molar-refractivity contribution in [2.45, 2.75) is 64.8 Å². The number of halogens is 1. The van der Waals surface area contributed by atoms with Gasteiger partial charge >= 0.3 is 0 Å². The van der Waals surface area contributed by atoms with Crippen molar-refractivity contribution in [2.24, 2.45) is 5.73 Å². The van der Waals surface area contributed by atoms with E-state index in [1.54, 1.807) is 0 Å². The van der Waals surface area contributed by atoms with Gasteiger partial charge in [0.25, 0.3) is 0 Å². The lowest BCUT2D eigenvalue weighted by Gasteiger charge is -2.08. The van der Waals surface area contributed by atoms with Crippen molar-refractivity contribution in [3.8, 4) is 0 Å². The van der Waals surface area contributed by atoms with Crippen LogP contribution in [0.4, 0.5) is 0 Å². The Morgan fingerprint density at radius 1 is 1.24 bits per heavy atom. The van der Waals surface area contributed by atoms with Gasteiger partial charge in [-0.1, -0.05) is 45.4 Å². The number of hydrogen-bond acceptors (Lipinski definition) is 2. The molecule has 0 aliphatic carbocycles. The molecule has 17 heavy (non-hydrogen) atoms. The normalized spacial score (nSPS) is 12.9. The average molecular weight is 318 g/mol. The highest BCUT2D eigenvalue weighted by molar-refractivity contribution is 9.10. The quantitative estimate of drug-likeness (QED) is 0.623. The molecule has 0 radical (unpaired) electrons. The minimum Gasteiger partial charge on any atom is -0.323 e. The summed E-state index contributed by atoms with van der Waals surface area (Å²) >= 11 is 5.37. The standard InChI is InChI=1S/C14H24BrNS/c1-3-4-5-6-7-8-9-13(16)14-10-12(15)11(2)17-14/h10,13H,3-9,16H2,1-2H3. The molecule has 3 heteroatoms. The molecule has 1 aromatic rings. The number of aryl methyl sites for hydroxylation is 1. The van der Waals surface area contributed by atoms with Crippen LogP contribution in [0.2, 0.25) is 0 Å². The predicted molar refractivity (Wildman–Crippen MR) is 81.7 cm³/mol. The van der Waals surface area contributed by atoms with E-state index in [0.29, 0.717) is 0 Å². The third kappa shape index (κ3) is 5.54. The third-order valence-corrected chi connectivity index (χ3v) is 5.38. The first-order chi connectivity index (χ1) is 8.15. The van der Waals surface area contributed by atoms with E-state index >= 15 is 0 Å². The van der Waals surface area contributed by atoms with Gasteiger partial charge in [-0.15, -0.1) is 11.3 Å². The van der Waals surface area contributed by atoms with Gasteiger partial charge in [0, 0.05) is 20.3 Å². The lowest BCUT2D eigenvalue weighted by Crippen LogP contribution is -2.08. The summed E-state index contributed by atoms with van der Waals surface area (Å²) in [5.41, 5.74) is 6.21. The zero-order valence-electron chi connectivity index (χ0n) is 11.0. The van der Waals surface area contributed by atoms with E-state index in [2.05, 4.69) is 35.8 Å². The SMILES string of the molecule is CCCCCCCCC(N)c1cc(Br)c(C)s1. The molecular formula is C14H24BrNS. The highest BCUT2D eigenvalue weighted by atomic mass is 79.9. The lowest BCUT2D eigenvalue weighted by atomic mass is 10.1. The van der Waals surface area contributed by atoms with Crippen molar-refractivity contribution in [1.29, 1.82) is 0 Å². The summed E-state index contributed by atoms with van der Waals surface area (Å²) in [5.74, 6) is 0.